The summed E-state index contributed by atoms with van der Waals surface area (Å²) in [6, 6.07) is 6.39. The molecule has 5 nitrogen and oxygen atoms in total. The first-order chi connectivity index (χ1) is 9.24. The average Bonchev–Trinajstić information content (AvgIpc) is 2.92. The Labute approximate surface area is 113 Å². The molecule has 2 N–H and O–H groups in total. The molecule has 19 heavy (non-hydrogen) atoms. The molecule has 0 bridgehead atoms. The molecule has 0 spiro atoms. The van der Waals surface area contributed by atoms with Crippen LogP contribution in [-0.2, 0) is 0 Å². The molecule has 1 saturated heterocycles. The van der Waals surface area contributed by atoms with Gasteiger partial charge >= 0.3 is 0 Å². The molecule has 1 aliphatic heterocycles. The number of aryl methyl sites for hydroxylation is 2. The molecule has 0 saturated carbocycles. The smallest absolute Gasteiger partial charge is 0.245 e. The van der Waals surface area contributed by atoms with Gasteiger partial charge in [0.25, 0.3) is 0 Å². The molecule has 0 unspecified atom stereocenters. The van der Waals surface area contributed by atoms with Crippen molar-refractivity contribution in [2.45, 2.75) is 13.8 Å². The number of hydrogen-bond donors (Lipinski definition) is 2. The zero-order valence-electron chi connectivity index (χ0n) is 11.4. The van der Waals surface area contributed by atoms with Gasteiger partial charge < -0.3 is 10.2 Å². The highest BCUT2D eigenvalue weighted by Gasteiger charge is 2.16. The summed E-state index contributed by atoms with van der Waals surface area (Å²) in [6.07, 6.45) is 0. The highest BCUT2D eigenvalue weighted by atomic mass is 15.4. The molecule has 1 aliphatic rings. The van der Waals surface area contributed by atoms with E-state index in [1.165, 1.54) is 11.1 Å². The number of hydrogen-bond acceptors (Lipinski definition) is 4. The number of aromatic amines is 1. The van der Waals surface area contributed by atoms with Crippen molar-refractivity contribution >= 4 is 5.95 Å². The van der Waals surface area contributed by atoms with E-state index in [2.05, 4.69) is 57.4 Å². The Balaban J connectivity index is 1.89. The van der Waals surface area contributed by atoms with Crippen LogP contribution >= 0.6 is 0 Å². The fourth-order valence-electron chi connectivity index (χ4n) is 2.37. The van der Waals surface area contributed by atoms with E-state index in [0.717, 1.165) is 43.5 Å². The van der Waals surface area contributed by atoms with Gasteiger partial charge in [0.1, 0.15) is 0 Å². The molecule has 1 aromatic carbocycles. The maximum Gasteiger partial charge on any atom is 0.245 e. The van der Waals surface area contributed by atoms with Crippen molar-refractivity contribution in [1.82, 2.24) is 20.5 Å². The third kappa shape index (κ3) is 2.46. The van der Waals surface area contributed by atoms with Crippen LogP contribution < -0.4 is 10.2 Å². The quantitative estimate of drug-likeness (QED) is 0.856. The van der Waals surface area contributed by atoms with E-state index in [1.54, 1.807) is 0 Å². The molecule has 2 heterocycles. The van der Waals surface area contributed by atoms with Crippen LogP contribution in [0.5, 0.6) is 0 Å². The Morgan fingerprint density at radius 2 is 1.95 bits per heavy atom. The predicted octanol–water partition coefficient (Wildman–Crippen LogP) is 1.50. The molecular formula is C14H19N5. The lowest BCUT2D eigenvalue weighted by atomic mass is 10.1. The molecule has 1 aromatic heterocycles. The van der Waals surface area contributed by atoms with Gasteiger partial charge in [-0.2, -0.15) is 4.98 Å². The minimum atomic E-state index is 0.803. The summed E-state index contributed by atoms with van der Waals surface area (Å²) in [5.41, 5.74) is 3.59. The zero-order chi connectivity index (χ0) is 13.2. The van der Waals surface area contributed by atoms with Crippen molar-refractivity contribution in [2.75, 3.05) is 31.1 Å². The van der Waals surface area contributed by atoms with Gasteiger partial charge in [-0.05, 0) is 25.5 Å². The highest BCUT2D eigenvalue weighted by molar-refractivity contribution is 5.62. The van der Waals surface area contributed by atoms with Gasteiger partial charge in [0.05, 0.1) is 0 Å². The number of rotatable bonds is 2. The molecule has 0 atom stereocenters. The Kier molecular flexibility index (Phi) is 3.21. The SMILES string of the molecule is Cc1ccc(C)c(-c2nc(N3CCNCC3)n[nH]2)c1. The molecular weight excluding hydrogens is 238 g/mol. The van der Waals surface area contributed by atoms with Crippen molar-refractivity contribution in [3.63, 3.8) is 0 Å². The number of H-pyrrole nitrogens is 1. The Morgan fingerprint density at radius 3 is 2.74 bits per heavy atom. The molecule has 1 fully saturated rings. The van der Waals surface area contributed by atoms with Crippen molar-refractivity contribution in [2.24, 2.45) is 0 Å². The van der Waals surface area contributed by atoms with Gasteiger partial charge in [0, 0.05) is 31.7 Å². The number of nitrogens with zero attached hydrogens (tertiary/aromatic N) is 3. The predicted molar refractivity (Wildman–Crippen MR) is 76.4 cm³/mol. The standard InChI is InChI=1S/C14H19N5/c1-10-3-4-11(2)12(9-10)13-16-14(18-17-13)19-7-5-15-6-8-19/h3-4,9,15H,5-8H2,1-2H3,(H,16,17,18). The van der Waals surface area contributed by atoms with Crippen molar-refractivity contribution in [3.8, 4) is 11.4 Å². The third-order valence-electron chi connectivity index (χ3n) is 3.52. The van der Waals surface area contributed by atoms with Crippen LogP contribution in [0.1, 0.15) is 11.1 Å². The van der Waals surface area contributed by atoms with Crippen molar-refractivity contribution < 1.29 is 0 Å². The van der Waals surface area contributed by atoms with Gasteiger partial charge in [-0.25, -0.2) is 0 Å². The maximum absolute atomic E-state index is 4.64. The normalized spacial score (nSPS) is 15.8. The number of benzene rings is 1. The van der Waals surface area contributed by atoms with Crippen LogP contribution in [0.15, 0.2) is 18.2 Å². The summed E-state index contributed by atoms with van der Waals surface area (Å²) >= 11 is 0. The van der Waals surface area contributed by atoms with Gasteiger partial charge in [-0.1, -0.05) is 17.7 Å². The molecule has 0 aliphatic carbocycles. The van der Waals surface area contributed by atoms with Crippen LogP contribution in [0.3, 0.4) is 0 Å². The first-order valence-electron chi connectivity index (χ1n) is 6.70. The summed E-state index contributed by atoms with van der Waals surface area (Å²) in [7, 11) is 0. The second kappa shape index (κ2) is 5.01. The van der Waals surface area contributed by atoms with E-state index in [4.69, 9.17) is 0 Å². The average molecular weight is 257 g/mol. The number of aromatic nitrogens is 3. The largest absolute Gasteiger partial charge is 0.337 e. The number of anilines is 1. The third-order valence-corrected chi connectivity index (χ3v) is 3.52. The Bertz CT molecular complexity index is 569. The second-order valence-electron chi connectivity index (χ2n) is 5.04. The first-order valence-corrected chi connectivity index (χ1v) is 6.70. The fourth-order valence-corrected chi connectivity index (χ4v) is 2.37. The van der Waals surface area contributed by atoms with Crippen LogP contribution in [0, 0.1) is 13.8 Å². The summed E-state index contributed by atoms with van der Waals surface area (Å²) in [5, 5.41) is 10.7. The summed E-state index contributed by atoms with van der Waals surface area (Å²) < 4.78 is 0. The topological polar surface area (TPSA) is 56.8 Å². The zero-order valence-corrected chi connectivity index (χ0v) is 11.4. The van der Waals surface area contributed by atoms with Crippen LogP contribution in [0.4, 0.5) is 5.95 Å². The number of piperazine rings is 1. The van der Waals surface area contributed by atoms with E-state index in [-0.39, 0.29) is 0 Å². The summed E-state index contributed by atoms with van der Waals surface area (Å²) in [5.74, 6) is 1.66. The lowest BCUT2D eigenvalue weighted by molar-refractivity contribution is 0.580. The first kappa shape index (κ1) is 12.2. The Hall–Kier alpha value is -1.88. The summed E-state index contributed by atoms with van der Waals surface area (Å²) in [4.78, 5) is 6.85. The second-order valence-corrected chi connectivity index (χ2v) is 5.04. The van der Waals surface area contributed by atoms with Gasteiger partial charge in [0.15, 0.2) is 5.82 Å². The molecule has 0 radical (unpaired) electrons. The van der Waals surface area contributed by atoms with Crippen LogP contribution in [0.25, 0.3) is 11.4 Å². The highest BCUT2D eigenvalue weighted by Crippen LogP contribution is 2.22. The van der Waals surface area contributed by atoms with Gasteiger partial charge in [0.2, 0.25) is 5.95 Å². The molecule has 3 rings (SSSR count). The lowest BCUT2D eigenvalue weighted by Crippen LogP contribution is -2.44. The van der Waals surface area contributed by atoms with Crippen molar-refractivity contribution in [1.29, 1.82) is 0 Å². The number of nitrogens with one attached hydrogen (secondary N) is 2. The van der Waals surface area contributed by atoms with E-state index in [0.29, 0.717) is 0 Å². The fraction of sp³-hybridized carbons (Fsp3) is 0.429. The summed E-state index contributed by atoms with van der Waals surface area (Å²) in [6.45, 7) is 8.10. The van der Waals surface area contributed by atoms with E-state index < -0.39 is 0 Å². The maximum atomic E-state index is 4.64. The van der Waals surface area contributed by atoms with Crippen molar-refractivity contribution in [3.05, 3.63) is 29.3 Å². The minimum absolute atomic E-state index is 0.803. The van der Waals surface area contributed by atoms with E-state index in [9.17, 15) is 0 Å². The van der Waals surface area contributed by atoms with Gasteiger partial charge in [-0.15, -0.1) is 5.10 Å². The molecule has 5 heteroatoms. The van der Waals surface area contributed by atoms with Crippen LogP contribution in [-0.4, -0.2) is 41.4 Å². The van der Waals surface area contributed by atoms with E-state index in [1.807, 2.05) is 0 Å². The molecule has 2 aromatic rings. The van der Waals surface area contributed by atoms with Crippen LogP contribution in [0.2, 0.25) is 0 Å². The lowest BCUT2D eigenvalue weighted by Gasteiger charge is -2.25. The Morgan fingerprint density at radius 1 is 1.16 bits per heavy atom. The minimum Gasteiger partial charge on any atom is -0.337 e. The monoisotopic (exact) mass is 257 g/mol. The molecule has 0 amide bonds. The molecule has 100 valence electrons. The van der Waals surface area contributed by atoms with Gasteiger partial charge in [-0.3, -0.25) is 5.10 Å². The van der Waals surface area contributed by atoms with E-state index >= 15 is 0 Å².